The lowest BCUT2D eigenvalue weighted by Crippen LogP contribution is -2.31. The van der Waals surface area contributed by atoms with Gasteiger partial charge in [0.2, 0.25) is 5.91 Å². The van der Waals surface area contributed by atoms with Gasteiger partial charge in [0.25, 0.3) is 0 Å². The fourth-order valence-electron chi connectivity index (χ4n) is 3.05. The third kappa shape index (κ3) is 4.46. The highest BCUT2D eigenvalue weighted by Crippen LogP contribution is 2.40. The highest BCUT2D eigenvalue weighted by molar-refractivity contribution is 9.10. The molecule has 0 unspecified atom stereocenters. The molecule has 1 N–H and O–H groups in total. The van der Waals surface area contributed by atoms with Crippen molar-refractivity contribution in [3.8, 4) is 0 Å². The fourth-order valence-corrected chi connectivity index (χ4v) is 3.58. The number of amides is 1. The first-order chi connectivity index (χ1) is 9.77. The summed E-state index contributed by atoms with van der Waals surface area (Å²) in [6.45, 7) is 6.87. The van der Waals surface area contributed by atoms with Crippen LogP contribution in [0, 0.1) is 17.3 Å². The number of carbonyl (C=O) groups excluding carboxylic acids is 1. The Morgan fingerprint density at radius 3 is 2.43 bits per heavy atom. The number of nitrogens with one attached hydrogen (secondary N) is 1. The van der Waals surface area contributed by atoms with E-state index in [1.807, 2.05) is 12.1 Å². The van der Waals surface area contributed by atoms with Gasteiger partial charge >= 0.3 is 0 Å². The van der Waals surface area contributed by atoms with Gasteiger partial charge in [-0.1, -0.05) is 48.3 Å². The molecule has 0 bridgehead atoms. The summed E-state index contributed by atoms with van der Waals surface area (Å²) in [5, 5.41) is 3.55. The minimum atomic E-state index is 0.0994. The monoisotopic (exact) mass is 371 g/mol. The first-order valence-corrected chi connectivity index (χ1v) is 8.70. The summed E-state index contributed by atoms with van der Waals surface area (Å²) in [5.74, 6) is 0.928. The lowest BCUT2D eigenvalue weighted by atomic mass is 9.69. The van der Waals surface area contributed by atoms with Gasteiger partial charge in [-0.05, 0) is 55.2 Å². The van der Waals surface area contributed by atoms with E-state index in [1.54, 1.807) is 6.07 Å². The van der Waals surface area contributed by atoms with Crippen molar-refractivity contribution in [3.63, 3.8) is 0 Å². The number of hydrogen-bond acceptors (Lipinski definition) is 1. The van der Waals surface area contributed by atoms with Crippen LogP contribution in [-0.2, 0) is 4.79 Å². The van der Waals surface area contributed by atoms with E-state index in [2.05, 4.69) is 42.0 Å². The van der Waals surface area contributed by atoms with E-state index in [0.29, 0.717) is 16.1 Å². The van der Waals surface area contributed by atoms with Gasteiger partial charge < -0.3 is 5.32 Å². The number of anilines is 1. The van der Waals surface area contributed by atoms with Crippen LogP contribution in [0.2, 0.25) is 5.02 Å². The SMILES string of the molecule is CC(C)(C)C1CCC(C(=O)Nc2cc(Br)ccc2Cl)CC1. The van der Waals surface area contributed by atoms with Crippen LogP contribution in [0.15, 0.2) is 22.7 Å². The average Bonchev–Trinajstić information content (AvgIpc) is 2.42. The molecule has 1 fully saturated rings. The molecule has 1 aromatic rings. The van der Waals surface area contributed by atoms with Crippen molar-refractivity contribution in [1.29, 1.82) is 0 Å². The maximum absolute atomic E-state index is 12.4. The van der Waals surface area contributed by atoms with Crippen LogP contribution in [0.1, 0.15) is 46.5 Å². The highest BCUT2D eigenvalue weighted by Gasteiger charge is 2.32. The highest BCUT2D eigenvalue weighted by atomic mass is 79.9. The van der Waals surface area contributed by atoms with Crippen molar-refractivity contribution in [2.75, 3.05) is 5.32 Å². The van der Waals surface area contributed by atoms with Crippen LogP contribution < -0.4 is 5.32 Å². The number of hydrogen-bond donors (Lipinski definition) is 1. The Balaban J connectivity index is 1.95. The molecule has 4 heteroatoms. The number of benzene rings is 1. The summed E-state index contributed by atoms with van der Waals surface area (Å²) in [6.07, 6.45) is 4.21. The summed E-state index contributed by atoms with van der Waals surface area (Å²) in [7, 11) is 0. The Labute approximate surface area is 140 Å². The van der Waals surface area contributed by atoms with Crippen LogP contribution >= 0.6 is 27.5 Å². The Hall–Kier alpha value is -0.540. The Bertz CT molecular complexity index is 516. The summed E-state index contributed by atoms with van der Waals surface area (Å²) < 4.78 is 0.915. The predicted molar refractivity (Wildman–Crippen MR) is 92.7 cm³/mol. The second-order valence-electron chi connectivity index (χ2n) is 7.03. The molecule has 1 saturated carbocycles. The molecule has 1 aliphatic rings. The second-order valence-corrected chi connectivity index (χ2v) is 8.35. The molecular weight excluding hydrogens is 350 g/mol. The van der Waals surface area contributed by atoms with Crippen molar-refractivity contribution in [1.82, 2.24) is 0 Å². The van der Waals surface area contributed by atoms with E-state index in [9.17, 15) is 4.79 Å². The minimum absolute atomic E-state index is 0.0994. The van der Waals surface area contributed by atoms with Crippen molar-refractivity contribution < 1.29 is 4.79 Å². The van der Waals surface area contributed by atoms with Gasteiger partial charge in [0, 0.05) is 10.4 Å². The van der Waals surface area contributed by atoms with Gasteiger partial charge in [0.1, 0.15) is 0 Å². The zero-order valence-electron chi connectivity index (χ0n) is 12.9. The third-order valence-electron chi connectivity index (χ3n) is 4.51. The molecule has 1 aliphatic carbocycles. The summed E-state index contributed by atoms with van der Waals surface area (Å²) >= 11 is 9.53. The van der Waals surface area contributed by atoms with Gasteiger partial charge in [-0.15, -0.1) is 0 Å². The lowest BCUT2D eigenvalue weighted by molar-refractivity contribution is -0.121. The molecule has 0 heterocycles. The zero-order chi connectivity index (χ0) is 15.6. The number of halogens is 2. The van der Waals surface area contributed by atoms with Crippen molar-refractivity contribution >= 4 is 39.1 Å². The normalized spacial score (nSPS) is 22.9. The molecule has 2 rings (SSSR count). The standard InChI is InChI=1S/C17H23BrClNO/c1-17(2,3)12-6-4-11(5-7-12)16(21)20-15-10-13(18)8-9-14(15)19/h8-12H,4-7H2,1-3H3,(H,20,21). The summed E-state index contributed by atoms with van der Waals surface area (Å²) in [4.78, 5) is 12.4. The fraction of sp³-hybridized carbons (Fsp3) is 0.588. The maximum Gasteiger partial charge on any atom is 0.227 e. The topological polar surface area (TPSA) is 29.1 Å². The maximum atomic E-state index is 12.4. The molecule has 0 aliphatic heterocycles. The van der Waals surface area contributed by atoms with Gasteiger partial charge in [0.15, 0.2) is 0 Å². The number of carbonyl (C=O) groups is 1. The van der Waals surface area contributed by atoms with Crippen LogP contribution in [-0.4, -0.2) is 5.91 Å². The predicted octanol–water partition coefficient (Wildman–Crippen LogP) is 5.89. The minimum Gasteiger partial charge on any atom is -0.324 e. The molecule has 21 heavy (non-hydrogen) atoms. The quantitative estimate of drug-likeness (QED) is 0.688. The van der Waals surface area contributed by atoms with Gasteiger partial charge in [-0.2, -0.15) is 0 Å². The van der Waals surface area contributed by atoms with Gasteiger partial charge in [0.05, 0.1) is 10.7 Å². The molecule has 0 aromatic heterocycles. The van der Waals surface area contributed by atoms with E-state index in [-0.39, 0.29) is 11.8 Å². The van der Waals surface area contributed by atoms with Crippen LogP contribution in [0.3, 0.4) is 0 Å². The van der Waals surface area contributed by atoms with E-state index >= 15 is 0 Å². The number of rotatable bonds is 2. The Morgan fingerprint density at radius 2 is 1.86 bits per heavy atom. The van der Waals surface area contributed by atoms with Gasteiger partial charge in [-0.3, -0.25) is 4.79 Å². The summed E-state index contributed by atoms with van der Waals surface area (Å²) in [5.41, 5.74) is 1.03. The van der Waals surface area contributed by atoms with Crippen LogP contribution in [0.5, 0.6) is 0 Å². The molecule has 1 aromatic carbocycles. The largest absolute Gasteiger partial charge is 0.324 e. The van der Waals surface area contributed by atoms with Crippen molar-refractivity contribution in [3.05, 3.63) is 27.7 Å². The first kappa shape index (κ1) is 16.8. The molecule has 0 radical (unpaired) electrons. The molecule has 116 valence electrons. The second kappa shape index (κ2) is 6.70. The Morgan fingerprint density at radius 1 is 1.24 bits per heavy atom. The van der Waals surface area contributed by atoms with Crippen LogP contribution in [0.4, 0.5) is 5.69 Å². The Kier molecular flexibility index (Phi) is 5.37. The van der Waals surface area contributed by atoms with Crippen LogP contribution in [0.25, 0.3) is 0 Å². The van der Waals surface area contributed by atoms with E-state index in [4.69, 9.17) is 11.6 Å². The molecular formula is C17H23BrClNO. The molecule has 2 nitrogen and oxygen atoms in total. The van der Waals surface area contributed by atoms with E-state index < -0.39 is 0 Å². The average molecular weight is 373 g/mol. The van der Waals surface area contributed by atoms with Crippen molar-refractivity contribution in [2.45, 2.75) is 46.5 Å². The first-order valence-electron chi connectivity index (χ1n) is 7.53. The molecule has 0 saturated heterocycles. The smallest absolute Gasteiger partial charge is 0.227 e. The summed E-state index contributed by atoms with van der Waals surface area (Å²) in [6, 6.07) is 5.51. The van der Waals surface area contributed by atoms with Crippen molar-refractivity contribution in [2.24, 2.45) is 17.3 Å². The van der Waals surface area contributed by atoms with E-state index in [0.717, 1.165) is 36.1 Å². The molecule has 0 atom stereocenters. The lowest BCUT2D eigenvalue weighted by Gasteiger charge is -2.36. The van der Waals surface area contributed by atoms with Gasteiger partial charge in [-0.25, -0.2) is 0 Å². The molecule has 0 spiro atoms. The zero-order valence-corrected chi connectivity index (χ0v) is 15.2. The van der Waals surface area contributed by atoms with E-state index in [1.165, 1.54) is 0 Å². The molecule has 1 amide bonds. The third-order valence-corrected chi connectivity index (χ3v) is 5.33.